The van der Waals surface area contributed by atoms with Crippen LogP contribution in [-0.4, -0.2) is 17.6 Å². The third-order valence-corrected chi connectivity index (χ3v) is 4.32. The minimum absolute atomic E-state index is 0.0626. The molecule has 0 saturated carbocycles. The Balaban J connectivity index is 1.91. The SMILES string of the molecule is CC(C)C[C@H](N)COc1cc2c(cc1C#N)-c1cnccc1C(C)O2. The molecule has 2 N–H and O–H groups in total. The van der Waals surface area contributed by atoms with Crippen LogP contribution in [0.1, 0.15) is 44.4 Å². The average Bonchev–Trinajstić information content (AvgIpc) is 2.59. The first kappa shape index (κ1) is 17.2. The van der Waals surface area contributed by atoms with E-state index in [0.29, 0.717) is 29.6 Å². The largest absolute Gasteiger partial charge is 0.490 e. The Morgan fingerprint density at radius 2 is 2.16 bits per heavy atom. The Bertz CT molecular complexity index is 811. The van der Waals surface area contributed by atoms with E-state index < -0.39 is 0 Å². The smallest absolute Gasteiger partial charge is 0.140 e. The van der Waals surface area contributed by atoms with Gasteiger partial charge in [-0.3, -0.25) is 4.98 Å². The molecule has 0 bridgehead atoms. The number of fused-ring (bicyclic) bond motifs is 3. The van der Waals surface area contributed by atoms with Gasteiger partial charge in [-0.05, 0) is 31.4 Å². The highest BCUT2D eigenvalue weighted by Crippen LogP contribution is 2.44. The minimum atomic E-state index is -0.0746. The first-order chi connectivity index (χ1) is 12.0. The van der Waals surface area contributed by atoms with Crippen molar-refractivity contribution in [3.63, 3.8) is 0 Å². The predicted molar refractivity (Wildman–Crippen MR) is 96.4 cm³/mol. The van der Waals surface area contributed by atoms with Gasteiger partial charge in [0.1, 0.15) is 30.3 Å². The molecule has 2 aromatic rings. The zero-order valence-electron chi connectivity index (χ0n) is 14.8. The van der Waals surface area contributed by atoms with E-state index in [4.69, 9.17) is 15.2 Å². The Morgan fingerprint density at radius 1 is 1.36 bits per heavy atom. The molecule has 1 unspecified atom stereocenters. The molecule has 0 radical (unpaired) electrons. The first-order valence-corrected chi connectivity index (χ1v) is 8.57. The highest BCUT2D eigenvalue weighted by Gasteiger charge is 2.25. The molecular formula is C20H23N3O2. The lowest BCUT2D eigenvalue weighted by Crippen LogP contribution is -2.29. The molecule has 3 rings (SSSR count). The van der Waals surface area contributed by atoms with Crippen LogP contribution < -0.4 is 15.2 Å². The minimum Gasteiger partial charge on any atom is -0.490 e. The Labute approximate surface area is 148 Å². The van der Waals surface area contributed by atoms with Gasteiger partial charge >= 0.3 is 0 Å². The van der Waals surface area contributed by atoms with Crippen LogP contribution in [0.2, 0.25) is 0 Å². The standard InChI is InChI=1S/C20H23N3O2/c1-12(2)6-15(22)11-24-19-8-20-17(7-14(19)9-21)18-10-23-5-4-16(18)13(3)25-20/h4-5,7-8,10,12-13,15H,6,11,22H2,1-3H3/t13?,15-/m0/s1. The fraction of sp³-hybridized carbons (Fsp3) is 0.400. The second-order valence-electron chi connectivity index (χ2n) is 6.88. The normalized spacial score (nSPS) is 16.4. The molecule has 5 heteroatoms. The van der Waals surface area contributed by atoms with Gasteiger partial charge in [0.2, 0.25) is 0 Å². The molecule has 1 aliphatic rings. The fourth-order valence-corrected chi connectivity index (χ4v) is 3.18. The van der Waals surface area contributed by atoms with Crippen LogP contribution in [0.15, 0.2) is 30.6 Å². The van der Waals surface area contributed by atoms with Crippen molar-refractivity contribution in [2.75, 3.05) is 6.61 Å². The van der Waals surface area contributed by atoms with E-state index in [1.165, 1.54) is 0 Å². The summed E-state index contributed by atoms with van der Waals surface area (Å²) in [6.07, 6.45) is 4.37. The van der Waals surface area contributed by atoms with E-state index in [2.05, 4.69) is 24.9 Å². The van der Waals surface area contributed by atoms with Crippen LogP contribution in [0.25, 0.3) is 11.1 Å². The van der Waals surface area contributed by atoms with Gasteiger partial charge < -0.3 is 15.2 Å². The van der Waals surface area contributed by atoms with Crippen LogP contribution in [0, 0.1) is 17.2 Å². The highest BCUT2D eigenvalue weighted by atomic mass is 16.5. The second kappa shape index (κ2) is 7.12. The van der Waals surface area contributed by atoms with E-state index in [1.54, 1.807) is 12.3 Å². The lowest BCUT2D eigenvalue weighted by molar-refractivity contribution is 0.220. The van der Waals surface area contributed by atoms with Crippen LogP contribution in [-0.2, 0) is 0 Å². The summed E-state index contributed by atoms with van der Waals surface area (Å²) in [5.74, 6) is 1.73. The maximum Gasteiger partial charge on any atom is 0.140 e. The zero-order valence-corrected chi connectivity index (χ0v) is 14.8. The van der Waals surface area contributed by atoms with Crippen molar-refractivity contribution in [3.8, 4) is 28.7 Å². The molecule has 2 atom stereocenters. The van der Waals surface area contributed by atoms with Crippen LogP contribution in [0.3, 0.4) is 0 Å². The van der Waals surface area contributed by atoms with Gasteiger partial charge in [0, 0.05) is 41.2 Å². The van der Waals surface area contributed by atoms with Gasteiger partial charge in [-0.15, -0.1) is 0 Å². The van der Waals surface area contributed by atoms with Crippen molar-refractivity contribution < 1.29 is 9.47 Å². The van der Waals surface area contributed by atoms with Crippen LogP contribution in [0.4, 0.5) is 0 Å². The van der Waals surface area contributed by atoms with Crippen molar-refractivity contribution in [3.05, 3.63) is 41.7 Å². The van der Waals surface area contributed by atoms with Crippen molar-refractivity contribution in [1.29, 1.82) is 5.26 Å². The number of ether oxygens (including phenoxy) is 2. The Morgan fingerprint density at radius 3 is 2.88 bits per heavy atom. The molecule has 0 aliphatic carbocycles. The molecule has 0 amide bonds. The highest BCUT2D eigenvalue weighted by molar-refractivity contribution is 5.78. The monoisotopic (exact) mass is 337 g/mol. The lowest BCUT2D eigenvalue weighted by Gasteiger charge is -2.27. The average molecular weight is 337 g/mol. The number of aromatic nitrogens is 1. The van der Waals surface area contributed by atoms with Gasteiger partial charge in [0.15, 0.2) is 0 Å². The predicted octanol–water partition coefficient (Wildman–Crippen LogP) is 3.83. The summed E-state index contributed by atoms with van der Waals surface area (Å²) in [4.78, 5) is 4.21. The molecule has 0 spiro atoms. The number of hydrogen-bond donors (Lipinski definition) is 1. The lowest BCUT2D eigenvalue weighted by atomic mass is 9.94. The van der Waals surface area contributed by atoms with E-state index in [9.17, 15) is 5.26 Å². The van der Waals surface area contributed by atoms with Gasteiger partial charge in [-0.25, -0.2) is 0 Å². The molecule has 130 valence electrons. The van der Waals surface area contributed by atoms with Crippen LogP contribution in [0.5, 0.6) is 11.5 Å². The van der Waals surface area contributed by atoms with E-state index in [1.807, 2.05) is 25.3 Å². The number of rotatable bonds is 5. The molecule has 1 aromatic carbocycles. The summed E-state index contributed by atoms with van der Waals surface area (Å²) in [5, 5.41) is 9.51. The number of nitrogens with two attached hydrogens (primary N) is 1. The molecule has 0 saturated heterocycles. The van der Waals surface area contributed by atoms with Gasteiger partial charge in [0.05, 0.1) is 5.56 Å². The third-order valence-electron chi connectivity index (χ3n) is 4.32. The molecule has 0 fully saturated rings. The van der Waals surface area contributed by atoms with Gasteiger partial charge in [0.25, 0.3) is 0 Å². The summed E-state index contributed by atoms with van der Waals surface area (Å²) >= 11 is 0. The number of pyridine rings is 1. The topological polar surface area (TPSA) is 81.2 Å². The Hall–Kier alpha value is -2.58. The summed E-state index contributed by atoms with van der Waals surface area (Å²) in [7, 11) is 0. The molecular weight excluding hydrogens is 314 g/mol. The van der Waals surface area contributed by atoms with Crippen molar-refractivity contribution >= 4 is 0 Å². The zero-order chi connectivity index (χ0) is 18.0. The van der Waals surface area contributed by atoms with Gasteiger partial charge in [-0.1, -0.05) is 13.8 Å². The van der Waals surface area contributed by atoms with Gasteiger partial charge in [-0.2, -0.15) is 5.26 Å². The van der Waals surface area contributed by atoms with Crippen molar-refractivity contribution in [2.24, 2.45) is 11.7 Å². The van der Waals surface area contributed by atoms with Crippen LogP contribution >= 0.6 is 0 Å². The Kier molecular flexibility index (Phi) is 4.91. The van der Waals surface area contributed by atoms with Crippen molar-refractivity contribution in [1.82, 2.24) is 4.98 Å². The maximum atomic E-state index is 9.51. The molecule has 2 heterocycles. The maximum absolute atomic E-state index is 9.51. The number of hydrogen-bond acceptors (Lipinski definition) is 5. The third kappa shape index (κ3) is 3.59. The quantitative estimate of drug-likeness (QED) is 0.897. The molecule has 1 aromatic heterocycles. The number of nitriles is 1. The summed E-state index contributed by atoms with van der Waals surface area (Å²) in [6.45, 7) is 6.62. The second-order valence-corrected chi connectivity index (χ2v) is 6.88. The van der Waals surface area contributed by atoms with E-state index >= 15 is 0 Å². The molecule has 25 heavy (non-hydrogen) atoms. The van der Waals surface area contributed by atoms with E-state index in [0.717, 1.165) is 23.1 Å². The first-order valence-electron chi connectivity index (χ1n) is 8.57. The number of benzene rings is 1. The summed E-state index contributed by atoms with van der Waals surface area (Å²) in [5.41, 5.74) is 9.50. The number of nitrogens with zero attached hydrogens (tertiary/aromatic N) is 2. The summed E-state index contributed by atoms with van der Waals surface area (Å²) in [6, 6.07) is 7.70. The van der Waals surface area contributed by atoms with Crippen molar-refractivity contribution in [2.45, 2.75) is 39.3 Å². The molecule has 1 aliphatic heterocycles. The van der Waals surface area contributed by atoms with E-state index in [-0.39, 0.29) is 12.1 Å². The molecule has 5 nitrogen and oxygen atoms in total. The summed E-state index contributed by atoms with van der Waals surface area (Å²) < 4.78 is 11.9. The fourth-order valence-electron chi connectivity index (χ4n) is 3.18.